The summed E-state index contributed by atoms with van der Waals surface area (Å²) in [5.41, 5.74) is 1.40. The summed E-state index contributed by atoms with van der Waals surface area (Å²) in [4.78, 5) is 29.2. The van der Waals surface area contributed by atoms with Gasteiger partial charge in [-0.15, -0.1) is 0 Å². The Morgan fingerprint density at radius 1 is 1.29 bits per heavy atom. The topological polar surface area (TPSA) is 79.7 Å². The van der Waals surface area contributed by atoms with Crippen LogP contribution in [0.25, 0.3) is 0 Å². The third-order valence-corrected chi connectivity index (χ3v) is 3.78. The van der Waals surface area contributed by atoms with Crippen LogP contribution in [0.3, 0.4) is 0 Å². The average molecular weight is 334 g/mol. The first kappa shape index (κ1) is 18.2. The number of amides is 1. The van der Waals surface area contributed by atoms with E-state index < -0.39 is 11.6 Å². The van der Waals surface area contributed by atoms with Crippen LogP contribution in [0, 0.1) is 0 Å². The van der Waals surface area contributed by atoms with Crippen LogP contribution in [0.5, 0.6) is 0 Å². The van der Waals surface area contributed by atoms with Crippen LogP contribution in [0.15, 0.2) is 12.1 Å². The molecule has 1 N–H and O–H groups in total. The Hall–Kier alpha value is -2.11. The normalized spacial score (nSPS) is 14.2. The van der Waals surface area contributed by atoms with Crippen LogP contribution in [-0.2, 0) is 22.4 Å². The molecule has 0 spiro atoms. The van der Waals surface area contributed by atoms with E-state index in [1.54, 1.807) is 4.90 Å². The zero-order valence-corrected chi connectivity index (χ0v) is 14.7. The van der Waals surface area contributed by atoms with Crippen LogP contribution in [0.1, 0.15) is 57.7 Å². The van der Waals surface area contributed by atoms with Gasteiger partial charge in [-0.2, -0.15) is 0 Å². The number of aliphatic carboxylic acids is 1. The number of rotatable bonds is 5. The lowest BCUT2D eigenvalue weighted by molar-refractivity contribution is -0.137. The molecule has 6 heteroatoms. The summed E-state index contributed by atoms with van der Waals surface area (Å²) in [6.45, 7) is 6.16. The molecular formula is C18H26N2O4. The number of unbranched alkanes of at least 4 members (excludes halogenated alkanes) is 1. The van der Waals surface area contributed by atoms with Gasteiger partial charge in [0.15, 0.2) is 0 Å². The summed E-state index contributed by atoms with van der Waals surface area (Å²) in [5, 5.41) is 8.68. The van der Waals surface area contributed by atoms with Gasteiger partial charge in [0.2, 0.25) is 0 Å². The van der Waals surface area contributed by atoms with Crippen molar-refractivity contribution >= 4 is 17.9 Å². The first-order valence-corrected chi connectivity index (χ1v) is 8.47. The van der Waals surface area contributed by atoms with Crippen molar-refractivity contribution in [3.8, 4) is 0 Å². The van der Waals surface area contributed by atoms with E-state index in [0.29, 0.717) is 25.2 Å². The highest BCUT2D eigenvalue weighted by atomic mass is 16.6. The van der Waals surface area contributed by atoms with Crippen LogP contribution < -0.4 is 4.90 Å². The van der Waals surface area contributed by atoms with Gasteiger partial charge in [0.25, 0.3) is 0 Å². The third-order valence-electron chi connectivity index (χ3n) is 3.78. The number of aromatic nitrogens is 1. The molecular weight excluding hydrogens is 308 g/mol. The Labute approximate surface area is 142 Å². The number of carboxylic acid groups (broad SMARTS) is 1. The SMILES string of the molecule is CC(C)(C)OC(=O)N1CCCc2ccc(CCCCC(=O)O)nc21. The second-order valence-electron chi connectivity index (χ2n) is 7.12. The van der Waals surface area contributed by atoms with E-state index in [9.17, 15) is 9.59 Å². The number of hydrogen-bond acceptors (Lipinski definition) is 4. The molecule has 0 saturated carbocycles. The van der Waals surface area contributed by atoms with Gasteiger partial charge >= 0.3 is 12.1 Å². The molecule has 1 amide bonds. The Balaban J connectivity index is 2.08. The maximum atomic E-state index is 12.4. The zero-order chi connectivity index (χ0) is 17.7. The molecule has 6 nitrogen and oxygen atoms in total. The lowest BCUT2D eigenvalue weighted by atomic mass is 10.0. The highest BCUT2D eigenvalue weighted by Crippen LogP contribution is 2.27. The van der Waals surface area contributed by atoms with E-state index in [2.05, 4.69) is 4.98 Å². The minimum Gasteiger partial charge on any atom is -0.481 e. The number of anilines is 1. The molecule has 0 bridgehead atoms. The van der Waals surface area contributed by atoms with Crippen LogP contribution in [0.4, 0.5) is 10.6 Å². The van der Waals surface area contributed by atoms with E-state index in [1.807, 2.05) is 32.9 Å². The van der Waals surface area contributed by atoms with Crippen molar-refractivity contribution in [1.82, 2.24) is 4.98 Å². The number of carbonyl (C=O) groups is 2. The Kier molecular flexibility index (Phi) is 5.80. The molecule has 132 valence electrons. The highest BCUT2D eigenvalue weighted by molar-refractivity contribution is 5.88. The maximum Gasteiger partial charge on any atom is 0.416 e. The number of pyridine rings is 1. The van der Waals surface area contributed by atoms with Crippen molar-refractivity contribution < 1.29 is 19.4 Å². The lowest BCUT2D eigenvalue weighted by Crippen LogP contribution is -2.40. The number of nitrogens with zero attached hydrogens (tertiary/aromatic N) is 2. The fourth-order valence-corrected chi connectivity index (χ4v) is 2.70. The molecule has 0 radical (unpaired) electrons. The van der Waals surface area contributed by atoms with Crippen LogP contribution in [-0.4, -0.2) is 34.3 Å². The smallest absolute Gasteiger partial charge is 0.416 e. The standard InChI is InChI=1S/C18H26N2O4/c1-18(2,3)24-17(23)20-12-6-7-13-10-11-14(19-16(13)20)8-4-5-9-15(21)22/h10-11H,4-9,12H2,1-3H3,(H,21,22). The van der Waals surface area contributed by atoms with Crippen molar-refractivity contribution in [2.75, 3.05) is 11.4 Å². The largest absolute Gasteiger partial charge is 0.481 e. The number of aryl methyl sites for hydroxylation is 2. The third kappa shape index (κ3) is 5.22. The molecule has 2 heterocycles. The quantitative estimate of drug-likeness (QED) is 0.833. The molecule has 0 fully saturated rings. The maximum absolute atomic E-state index is 12.4. The molecule has 1 aromatic rings. The minimum absolute atomic E-state index is 0.176. The van der Waals surface area contributed by atoms with Crippen molar-refractivity contribution in [2.45, 2.75) is 64.9 Å². The fraction of sp³-hybridized carbons (Fsp3) is 0.611. The van der Waals surface area contributed by atoms with Crippen molar-refractivity contribution in [3.63, 3.8) is 0 Å². The van der Waals surface area contributed by atoms with Crippen molar-refractivity contribution in [1.29, 1.82) is 0 Å². The van der Waals surface area contributed by atoms with E-state index in [0.717, 1.165) is 30.5 Å². The summed E-state index contributed by atoms with van der Waals surface area (Å²) in [5.74, 6) is -0.0873. The molecule has 0 unspecified atom stereocenters. The summed E-state index contributed by atoms with van der Waals surface area (Å²) in [6, 6.07) is 3.99. The van der Waals surface area contributed by atoms with Gasteiger partial charge in [0.05, 0.1) is 0 Å². The second-order valence-corrected chi connectivity index (χ2v) is 7.12. The van der Waals surface area contributed by atoms with Gasteiger partial charge in [-0.25, -0.2) is 9.78 Å². The summed E-state index contributed by atoms with van der Waals surface area (Å²) in [7, 11) is 0. The predicted molar refractivity (Wildman–Crippen MR) is 91.3 cm³/mol. The first-order valence-electron chi connectivity index (χ1n) is 8.47. The molecule has 0 atom stereocenters. The molecule has 0 saturated heterocycles. The van der Waals surface area contributed by atoms with Crippen LogP contribution in [0.2, 0.25) is 0 Å². The lowest BCUT2D eigenvalue weighted by Gasteiger charge is -2.31. The molecule has 2 rings (SSSR count). The van der Waals surface area contributed by atoms with E-state index in [-0.39, 0.29) is 12.5 Å². The number of fused-ring (bicyclic) bond motifs is 1. The molecule has 24 heavy (non-hydrogen) atoms. The van der Waals surface area contributed by atoms with E-state index >= 15 is 0 Å². The summed E-state index contributed by atoms with van der Waals surface area (Å²) < 4.78 is 5.48. The second kappa shape index (κ2) is 7.64. The number of ether oxygens (including phenoxy) is 1. The van der Waals surface area contributed by atoms with Gasteiger partial charge in [-0.05, 0) is 64.5 Å². The van der Waals surface area contributed by atoms with Gasteiger partial charge in [-0.3, -0.25) is 9.69 Å². The molecule has 1 aliphatic heterocycles. The first-order chi connectivity index (χ1) is 11.3. The Morgan fingerprint density at radius 3 is 2.71 bits per heavy atom. The Morgan fingerprint density at radius 2 is 2.04 bits per heavy atom. The molecule has 0 aromatic carbocycles. The number of hydrogen-bond donors (Lipinski definition) is 1. The van der Waals surface area contributed by atoms with E-state index in [1.165, 1.54) is 0 Å². The molecule has 0 aliphatic carbocycles. The van der Waals surface area contributed by atoms with E-state index in [4.69, 9.17) is 9.84 Å². The zero-order valence-electron chi connectivity index (χ0n) is 14.7. The number of carboxylic acids is 1. The van der Waals surface area contributed by atoms with Crippen molar-refractivity contribution in [2.24, 2.45) is 0 Å². The van der Waals surface area contributed by atoms with Crippen molar-refractivity contribution in [3.05, 3.63) is 23.4 Å². The Bertz CT molecular complexity index is 608. The average Bonchev–Trinajstić information content (AvgIpc) is 2.49. The summed E-state index contributed by atoms with van der Waals surface area (Å²) in [6.07, 6.45) is 3.72. The van der Waals surface area contributed by atoms with Gasteiger partial charge in [-0.1, -0.05) is 6.07 Å². The van der Waals surface area contributed by atoms with Gasteiger partial charge in [0, 0.05) is 18.7 Å². The summed E-state index contributed by atoms with van der Waals surface area (Å²) >= 11 is 0. The minimum atomic E-state index is -0.774. The highest BCUT2D eigenvalue weighted by Gasteiger charge is 2.28. The monoisotopic (exact) mass is 334 g/mol. The fourth-order valence-electron chi connectivity index (χ4n) is 2.70. The van der Waals surface area contributed by atoms with Crippen LogP contribution >= 0.6 is 0 Å². The van der Waals surface area contributed by atoms with Gasteiger partial charge < -0.3 is 9.84 Å². The molecule has 1 aromatic heterocycles. The number of carbonyl (C=O) groups excluding carboxylic acids is 1. The predicted octanol–water partition coefficient (Wildman–Crippen LogP) is 3.57. The van der Waals surface area contributed by atoms with Gasteiger partial charge in [0.1, 0.15) is 11.4 Å². The molecule has 1 aliphatic rings.